The van der Waals surface area contributed by atoms with Crippen molar-refractivity contribution < 1.29 is 9.72 Å². The molecule has 7 heteroatoms. The Hall–Kier alpha value is -3.22. The van der Waals surface area contributed by atoms with Crippen molar-refractivity contribution in [3.8, 4) is 0 Å². The zero-order valence-corrected chi connectivity index (χ0v) is 13.1. The molecule has 2 heterocycles. The Morgan fingerprint density at radius 1 is 1.42 bits per heavy atom. The Balaban J connectivity index is 1.97. The SMILES string of the molecule is CCn1c(C(=O)NC2=CCC=CN=C2)cc2cc([N+](=O)[O-])ccc21. The largest absolute Gasteiger partial charge is 0.337 e. The molecule has 0 bridgehead atoms. The number of aliphatic imine (C=N–C) groups is 1. The molecule has 0 atom stereocenters. The lowest BCUT2D eigenvalue weighted by atomic mass is 10.2. The van der Waals surface area contributed by atoms with Gasteiger partial charge in [-0.3, -0.25) is 19.9 Å². The minimum atomic E-state index is -0.442. The van der Waals surface area contributed by atoms with E-state index in [1.54, 1.807) is 24.5 Å². The number of hydrogen-bond donors (Lipinski definition) is 1. The first-order chi connectivity index (χ1) is 11.6. The first kappa shape index (κ1) is 15.7. The highest BCUT2D eigenvalue weighted by molar-refractivity contribution is 6.02. The predicted octanol–water partition coefficient (Wildman–Crippen LogP) is 3.17. The number of aromatic nitrogens is 1. The lowest BCUT2D eigenvalue weighted by Crippen LogP contribution is -2.25. The average molecular weight is 324 g/mol. The van der Waals surface area contributed by atoms with Gasteiger partial charge >= 0.3 is 0 Å². The number of nitrogens with zero attached hydrogens (tertiary/aromatic N) is 3. The minimum Gasteiger partial charge on any atom is -0.337 e. The highest BCUT2D eigenvalue weighted by Crippen LogP contribution is 2.25. The van der Waals surface area contributed by atoms with Gasteiger partial charge in [0, 0.05) is 35.8 Å². The molecule has 1 N–H and O–H groups in total. The van der Waals surface area contributed by atoms with E-state index in [0.717, 1.165) is 5.52 Å². The lowest BCUT2D eigenvalue weighted by Gasteiger charge is -2.09. The molecule has 0 aliphatic carbocycles. The van der Waals surface area contributed by atoms with Crippen LogP contribution < -0.4 is 5.32 Å². The molecule has 0 radical (unpaired) electrons. The summed E-state index contributed by atoms with van der Waals surface area (Å²) < 4.78 is 1.83. The van der Waals surface area contributed by atoms with Crippen LogP contribution in [0.15, 0.2) is 53.3 Å². The van der Waals surface area contributed by atoms with Gasteiger partial charge in [0.1, 0.15) is 5.69 Å². The Bertz CT molecular complexity index is 906. The van der Waals surface area contributed by atoms with Gasteiger partial charge in [-0.15, -0.1) is 0 Å². The Morgan fingerprint density at radius 3 is 3.00 bits per heavy atom. The van der Waals surface area contributed by atoms with Gasteiger partial charge in [-0.2, -0.15) is 0 Å². The number of allylic oxidation sites excluding steroid dienone is 3. The van der Waals surface area contributed by atoms with Crippen molar-refractivity contribution in [3.05, 3.63) is 64.1 Å². The molecule has 3 rings (SSSR count). The highest BCUT2D eigenvalue weighted by atomic mass is 16.6. The van der Waals surface area contributed by atoms with Crippen molar-refractivity contribution in [2.45, 2.75) is 19.9 Å². The van der Waals surface area contributed by atoms with E-state index in [4.69, 9.17) is 0 Å². The van der Waals surface area contributed by atoms with Crippen molar-refractivity contribution in [2.75, 3.05) is 0 Å². The summed E-state index contributed by atoms with van der Waals surface area (Å²) in [6, 6.07) is 6.27. The summed E-state index contributed by atoms with van der Waals surface area (Å²) in [6.07, 6.45) is 7.72. The van der Waals surface area contributed by atoms with Crippen molar-refractivity contribution >= 4 is 28.7 Å². The lowest BCUT2D eigenvalue weighted by molar-refractivity contribution is -0.384. The number of carbonyl (C=O) groups is 1. The number of nitro benzene ring substituents is 1. The summed E-state index contributed by atoms with van der Waals surface area (Å²) in [5.41, 5.74) is 1.88. The molecule has 2 aromatic rings. The number of amides is 1. The fourth-order valence-electron chi connectivity index (χ4n) is 2.67. The summed E-state index contributed by atoms with van der Waals surface area (Å²) in [6.45, 7) is 2.51. The summed E-state index contributed by atoms with van der Waals surface area (Å²) >= 11 is 0. The zero-order valence-electron chi connectivity index (χ0n) is 13.1. The third-order valence-electron chi connectivity index (χ3n) is 3.78. The topological polar surface area (TPSA) is 89.5 Å². The number of nitro groups is 1. The van der Waals surface area contributed by atoms with Gasteiger partial charge in [-0.25, -0.2) is 0 Å². The first-order valence-corrected chi connectivity index (χ1v) is 7.57. The second-order valence-corrected chi connectivity index (χ2v) is 5.29. The van der Waals surface area contributed by atoms with Gasteiger partial charge in [0.05, 0.1) is 16.8 Å². The second-order valence-electron chi connectivity index (χ2n) is 5.29. The van der Waals surface area contributed by atoms with Crippen LogP contribution in [-0.2, 0) is 6.54 Å². The van der Waals surface area contributed by atoms with Crippen LogP contribution in [0.5, 0.6) is 0 Å². The Morgan fingerprint density at radius 2 is 2.25 bits per heavy atom. The maximum atomic E-state index is 12.6. The summed E-state index contributed by atoms with van der Waals surface area (Å²) in [7, 11) is 0. The van der Waals surface area contributed by atoms with E-state index in [-0.39, 0.29) is 11.6 Å². The molecule has 0 fully saturated rings. The standard InChI is InChI=1S/C17H16N4O3/c1-2-20-15-7-6-14(21(23)24)9-12(15)10-16(20)17(22)19-13-5-3-4-8-18-11-13/h4-11H,2-3H2,1H3,(H,19,22). The molecule has 0 spiro atoms. The van der Waals surface area contributed by atoms with Crippen LogP contribution in [0.4, 0.5) is 5.69 Å². The van der Waals surface area contributed by atoms with E-state index in [2.05, 4.69) is 10.3 Å². The molecule has 1 aromatic carbocycles. The molecule has 1 amide bonds. The van der Waals surface area contributed by atoms with Crippen LogP contribution in [0.1, 0.15) is 23.8 Å². The van der Waals surface area contributed by atoms with Crippen molar-refractivity contribution in [1.82, 2.24) is 9.88 Å². The maximum absolute atomic E-state index is 12.6. The van der Waals surface area contributed by atoms with Crippen molar-refractivity contribution in [1.29, 1.82) is 0 Å². The fraction of sp³-hybridized carbons (Fsp3) is 0.176. The normalized spacial score (nSPS) is 13.6. The van der Waals surface area contributed by atoms with Gasteiger partial charge in [-0.1, -0.05) is 12.2 Å². The van der Waals surface area contributed by atoms with E-state index in [1.165, 1.54) is 12.1 Å². The third-order valence-corrected chi connectivity index (χ3v) is 3.78. The number of nitrogens with one attached hydrogen (secondary N) is 1. The van der Waals surface area contributed by atoms with Crippen LogP contribution >= 0.6 is 0 Å². The monoisotopic (exact) mass is 324 g/mol. The van der Waals surface area contributed by atoms with E-state index in [0.29, 0.717) is 29.7 Å². The number of hydrogen-bond acceptors (Lipinski definition) is 4. The van der Waals surface area contributed by atoms with Crippen LogP contribution in [0.2, 0.25) is 0 Å². The Kier molecular flexibility index (Phi) is 4.24. The van der Waals surface area contributed by atoms with Gasteiger partial charge in [-0.05, 0) is 25.5 Å². The molecule has 122 valence electrons. The minimum absolute atomic E-state index is 0.00685. The van der Waals surface area contributed by atoms with Gasteiger partial charge in [0.25, 0.3) is 11.6 Å². The maximum Gasteiger partial charge on any atom is 0.272 e. The van der Waals surface area contributed by atoms with Crippen LogP contribution in [0, 0.1) is 10.1 Å². The number of benzene rings is 1. The summed E-state index contributed by atoms with van der Waals surface area (Å²) in [5.74, 6) is -0.268. The van der Waals surface area contributed by atoms with Crippen LogP contribution in [0.25, 0.3) is 10.9 Å². The second kappa shape index (κ2) is 6.49. The van der Waals surface area contributed by atoms with Gasteiger partial charge in [0.15, 0.2) is 0 Å². The number of carbonyl (C=O) groups excluding carboxylic acids is 1. The third kappa shape index (κ3) is 2.96. The smallest absolute Gasteiger partial charge is 0.272 e. The molecule has 1 aliphatic heterocycles. The van der Waals surface area contributed by atoms with E-state index in [1.807, 2.05) is 23.6 Å². The predicted molar refractivity (Wildman–Crippen MR) is 92.1 cm³/mol. The first-order valence-electron chi connectivity index (χ1n) is 7.57. The molecule has 0 saturated carbocycles. The molecule has 0 saturated heterocycles. The molecule has 0 unspecified atom stereocenters. The fourth-order valence-corrected chi connectivity index (χ4v) is 2.67. The van der Waals surface area contributed by atoms with E-state index < -0.39 is 4.92 Å². The average Bonchev–Trinajstić information content (AvgIpc) is 2.75. The van der Waals surface area contributed by atoms with Crippen LogP contribution in [-0.4, -0.2) is 21.6 Å². The number of aryl methyl sites for hydroxylation is 1. The quantitative estimate of drug-likeness (QED) is 0.692. The zero-order chi connectivity index (χ0) is 17.1. The van der Waals surface area contributed by atoms with Gasteiger partial charge < -0.3 is 9.88 Å². The van der Waals surface area contributed by atoms with Crippen molar-refractivity contribution in [3.63, 3.8) is 0 Å². The van der Waals surface area contributed by atoms with E-state index >= 15 is 0 Å². The molecular weight excluding hydrogens is 308 g/mol. The molecule has 1 aromatic heterocycles. The highest BCUT2D eigenvalue weighted by Gasteiger charge is 2.17. The molecule has 1 aliphatic rings. The number of rotatable bonds is 4. The molecular formula is C17H16N4O3. The van der Waals surface area contributed by atoms with Crippen LogP contribution in [0.3, 0.4) is 0 Å². The summed E-state index contributed by atoms with van der Waals surface area (Å²) in [5, 5.41) is 14.4. The number of non-ortho nitro benzene ring substituents is 1. The number of fused-ring (bicyclic) bond motifs is 1. The molecule has 7 nitrogen and oxygen atoms in total. The van der Waals surface area contributed by atoms with Crippen molar-refractivity contribution in [2.24, 2.45) is 4.99 Å². The van der Waals surface area contributed by atoms with Gasteiger partial charge in [0.2, 0.25) is 0 Å². The Labute approximate surface area is 138 Å². The molecule has 24 heavy (non-hydrogen) atoms. The summed E-state index contributed by atoms with van der Waals surface area (Å²) in [4.78, 5) is 27.1. The van der Waals surface area contributed by atoms with E-state index in [9.17, 15) is 14.9 Å².